The highest BCUT2D eigenvalue weighted by Gasteiger charge is 2.34. The largest absolute Gasteiger partial charge is 0.401 e. The number of hydrogen-bond acceptors (Lipinski definition) is 5. The van der Waals surface area contributed by atoms with Crippen LogP contribution in [0.1, 0.15) is 6.42 Å². The fraction of sp³-hybridized carbons (Fsp3) is 0.688. The summed E-state index contributed by atoms with van der Waals surface area (Å²) in [4.78, 5) is 25.8. The second-order valence-corrected chi connectivity index (χ2v) is 6.71. The van der Waals surface area contributed by atoms with Crippen LogP contribution in [0.2, 0.25) is 0 Å². The number of likely N-dealkylation sites (tertiary alicyclic amines) is 1. The number of piperazine rings is 1. The molecule has 3 rings (SSSR count). The molecule has 7 nitrogen and oxygen atoms in total. The van der Waals surface area contributed by atoms with Gasteiger partial charge in [0.2, 0.25) is 5.95 Å². The molecule has 2 fully saturated rings. The van der Waals surface area contributed by atoms with E-state index in [-0.39, 0.29) is 11.9 Å². The van der Waals surface area contributed by atoms with Gasteiger partial charge in [0, 0.05) is 51.7 Å². The second-order valence-electron chi connectivity index (χ2n) is 6.71. The summed E-state index contributed by atoms with van der Waals surface area (Å²) in [7, 11) is 0. The maximum Gasteiger partial charge on any atom is 0.401 e. The highest BCUT2D eigenvalue weighted by molar-refractivity contribution is 5.74. The Balaban J connectivity index is 1.37. The van der Waals surface area contributed by atoms with Gasteiger partial charge in [0.25, 0.3) is 0 Å². The topological polar surface area (TPSA) is 64.6 Å². The molecule has 2 aliphatic rings. The van der Waals surface area contributed by atoms with Gasteiger partial charge in [-0.25, -0.2) is 14.8 Å². The van der Waals surface area contributed by atoms with Crippen LogP contribution in [0.15, 0.2) is 18.5 Å². The molecular weight excluding hydrogens is 349 g/mol. The van der Waals surface area contributed by atoms with E-state index in [1.54, 1.807) is 23.4 Å². The highest BCUT2D eigenvalue weighted by Crippen LogP contribution is 2.22. The van der Waals surface area contributed by atoms with E-state index in [2.05, 4.69) is 15.3 Å². The van der Waals surface area contributed by atoms with Gasteiger partial charge in [0.1, 0.15) is 0 Å². The molecule has 0 saturated carbocycles. The van der Waals surface area contributed by atoms with E-state index < -0.39 is 12.7 Å². The lowest BCUT2D eigenvalue weighted by atomic mass is 10.1. The van der Waals surface area contributed by atoms with Gasteiger partial charge >= 0.3 is 12.2 Å². The van der Waals surface area contributed by atoms with Crippen LogP contribution in [-0.4, -0.2) is 84.3 Å². The maximum atomic E-state index is 12.4. The van der Waals surface area contributed by atoms with Crippen molar-refractivity contribution in [2.45, 2.75) is 12.6 Å². The smallest absolute Gasteiger partial charge is 0.338 e. The molecule has 0 radical (unpaired) electrons. The predicted octanol–water partition coefficient (Wildman–Crippen LogP) is 1.19. The maximum absolute atomic E-state index is 12.4. The number of nitrogens with one attached hydrogen (secondary N) is 1. The summed E-state index contributed by atoms with van der Waals surface area (Å²) in [5.41, 5.74) is 0. The molecule has 0 aliphatic carbocycles. The van der Waals surface area contributed by atoms with Gasteiger partial charge in [-0.1, -0.05) is 0 Å². The number of alkyl halides is 3. The Bertz CT molecular complexity index is 591. The molecule has 1 unspecified atom stereocenters. The molecular formula is C16H23F3N6O. The fourth-order valence-corrected chi connectivity index (χ4v) is 3.38. The minimum absolute atomic E-state index is 0.0697. The zero-order valence-corrected chi connectivity index (χ0v) is 14.5. The van der Waals surface area contributed by atoms with E-state index in [1.807, 2.05) is 4.90 Å². The standard InChI is InChI=1S/C16H23F3N6O/c17-16(18,19)12-23-5-2-13(11-23)10-22-15(26)25-8-6-24(7-9-25)14-20-3-1-4-21-14/h1,3-4,13H,2,5-12H2,(H,22,26). The molecule has 0 bridgehead atoms. The molecule has 2 aliphatic heterocycles. The molecule has 2 saturated heterocycles. The molecule has 1 aromatic rings. The summed E-state index contributed by atoms with van der Waals surface area (Å²) in [6, 6.07) is 1.60. The van der Waals surface area contributed by atoms with E-state index >= 15 is 0 Å². The average Bonchev–Trinajstić information content (AvgIpc) is 3.06. The molecule has 0 aromatic carbocycles. The third-order valence-electron chi connectivity index (χ3n) is 4.72. The highest BCUT2D eigenvalue weighted by atomic mass is 19.4. The first-order valence-corrected chi connectivity index (χ1v) is 8.74. The van der Waals surface area contributed by atoms with E-state index in [0.29, 0.717) is 58.2 Å². The molecule has 3 heterocycles. The van der Waals surface area contributed by atoms with Crippen LogP contribution in [0, 0.1) is 5.92 Å². The number of urea groups is 1. The molecule has 0 spiro atoms. The van der Waals surface area contributed by atoms with Gasteiger partial charge in [-0.3, -0.25) is 4.90 Å². The van der Waals surface area contributed by atoms with Crippen molar-refractivity contribution in [3.05, 3.63) is 18.5 Å². The van der Waals surface area contributed by atoms with Crippen molar-refractivity contribution < 1.29 is 18.0 Å². The van der Waals surface area contributed by atoms with E-state index in [4.69, 9.17) is 0 Å². The number of carbonyl (C=O) groups is 1. The minimum Gasteiger partial charge on any atom is -0.338 e. The number of hydrogen-bond donors (Lipinski definition) is 1. The number of halogens is 3. The van der Waals surface area contributed by atoms with Crippen LogP contribution >= 0.6 is 0 Å². The second kappa shape index (κ2) is 8.07. The van der Waals surface area contributed by atoms with Crippen molar-refractivity contribution in [1.82, 2.24) is 25.1 Å². The van der Waals surface area contributed by atoms with E-state index in [0.717, 1.165) is 0 Å². The lowest BCUT2D eigenvalue weighted by Gasteiger charge is -2.34. The molecule has 144 valence electrons. The lowest BCUT2D eigenvalue weighted by molar-refractivity contribution is -0.143. The van der Waals surface area contributed by atoms with E-state index in [1.165, 1.54) is 4.90 Å². The summed E-state index contributed by atoms with van der Waals surface area (Å²) >= 11 is 0. The van der Waals surface area contributed by atoms with Gasteiger partial charge < -0.3 is 15.1 Å². The first-order chi connectivity index (χ1) is 12.4. The molecule has 10 heteroatoms. The fourth-order valence-electron chi connectivity index (χ4n) is 3.38. The Morgan fingerprint density at radius 1 is 1.15 bits per heavy atom. The number of nitrogens with zero attached hydrogens (tertiary/aromatic N) is 5. The number of aromatic nitrogens is 2. The van der Waals surface area contributed by atoms with Crippen molar-refractivity contribution in [2.75, 3.05) is 57.3 Å². The zero-order valence-electron chi connectivity index (χ0n) is 14.5. The molecule has 1 N–H and O–H groups in total. The van der Waals surface area contributed by atoms with Gasteiger partial charge in [0.15, 0.2) is 0 Å². The van der Waals surface area contributed by atoms with Crippen LogP contribution in [0.25, 0.3) is 0 Å². The van der Waals surface area contributed by atoms with Gasteiger partial charge in [-0.2, -0.15) is 13.2 Å². The van der Waals surface area contributed by atoms with Crippen LogP contribution < -0.4 is 10.2 Å². The Morgan fingerprint density at radius 2 is 1.85 bits per heavy atom. The third-order valence-corrected chi connectivity index (χ3v) is 4.72. The van der Waals surface area contributed by atoms with Crippen LogP contribution in [0.5, 0.6) is 0 Å². The Hall–Kier alpha value is -2.10. The van der Waals surface area contributed by atoms with Gasteiger partial charge in [-0.15, -0.1) is 0 Å². The Kier molecular flexibility index (Phi) is 5.80. The third kappa shape index (κ3) is 5.20. The first kappa shape index (κ1) is 18.7. The normalized spacial score (nSPS) is 21.9. The molecule has 2 amide bonds. The van der Waals surface area contributed by atoms with Crippen molar-refractivity contribution in [3.63, 3.8) is 0 Å². The minimum atomic E-state index is -4.17. The number of anilines is 1. The lowest BCUT2D eigenvalue weighted by Crippen LogP contribution is -2.52. The van der Waals surface area contributed by atoms with Crippen molar-refractivity contribution in [1.29, 1.82) is 0 Å². The molecule has 1 aromatic heterocycles. The van der Waals surface area contributed by atoms with E-state index in [9.17, 15) is 18.0 Å². The quantitative estimate of drug-likeness (QED) is 0.860. The number of rotatable bonds is 4. The zero-order chi connectivity index (χ0) is 18.6. The summed E-state index contributed by atoms with van der Waals surface area (Å²) in [6.45, 7) is 2.77. The number of amides is 2. The Morgan fingerprint density at radius 3 is 2.50 bits per heavy atom. The molecule has 26 heavy (non-hydrogen) atoms. The number of carbonyl (C=O) groups excluding carboxylic acids is 1. The van der Waals surface area contributed by atoms with Crippen LogP contribution in [-0.2, 0) is 0 Å². The average molecular weight is 372 g/mol. The van der Waals surface area contributed by atoms with Gasteiger partial charge in [0.05, 0.1) is 6.54 Å². The monoisotopic (exact) mass is 372 g/mol. The van der Waals surface area contributed by atoms with Crippen molar-refractivity contribution >= 4 is 12.0 Å². The summed E-state index contributed by atoms with van der Waals surface area (Å²) in [5, 5.41) is 2.86. The van der Waals surface area contributed by atoms with Crippen LogP contribution in [0.4, 0.5) is 23.9 Å². The predicted molar refractivity (Wildman–Crippen MR) is 89.8 cm³/mol. The van der Waals surface area contributed by atoms with Crippen molar-refractivity contribution in [3.8, 4) is 0 Å². The summed E-state index contributed by atoms with van der Waals surface area (Å²) in [6.07, 6.45) is -0.119. The van der Waals surface area contributed by atoms with Gasteiger partial charge in [-0.05, 0) is 24.9 Å². The summed E-state index contributed by atoms with van der Waals surface area (Å²) < 4.78 is 37.2. The van der Waals surface area contributed by atoms with Crippen LogP contribution in [0.3, 0.4) is 0 Å². The summed E-state index contributed by atoms with van der Waals surface area (Å²) in [5.74, 6) is 0.726. The Labute approximate surface area is 150 Å². The van der Waals surface area contributed by atoms with Crippen molar-refractivity contribution in [2.24, 2.45) is 5.92 Å². The molecule has 1 atom stereocenters. The SMILES string of the molecule is O=C(NCC1CCN(CC(F)(F)F)C1)N1CCN(c2ncccn2)CC1. The first-order valence-electron chi connectivity index (χ1n) is 8.74.